The SMILES string of the molecule is N#CCCN(C(=O)COC(=O)C=Cc1nc2ccccc2o1)c1cccc(Cl)c1. The van der Waals surface area contributed by atoms with E-state index in [1.54, 1.807) is 36.4 Å². The molecule has 0 atom stereocenters. The Balaban J connectivity index is 1.61. The van der Waals surface area contributed by atoms with Crippen LogP contribution in [0, 0.1) is 11.3 Å². The Morgan fingerprint density at radius 3 is 2.83 bits per heavy atom. The number of esters is 1. The van der Waals surface area contributed by atoms with Gasteiger partial charge >= 0.3 is 5.97 Å². The van der Waals surface area contributed by atoms with Gasteiger partial charge in [-0.15, -0.1) is 0 Å². The summed E-state index contributed by atoms with van der Waals surface area (Å²) in [5.41, 5.74) is 1.80. The third kappa shape index (κ3) is 5.43. The molecule has 29 heavy (non-hydrogen) atoms. The van der Waals surface area contributed by atoms with E-state index in [4.69, 9.17) is 26.0 Å². The van der Waals surface area contributed by atoms with Crippen LogP contribution < -0.4 is 4.90 Å². The zero-order valence-electron chi connectivity index (χ0n) is 15.2. The van der Waals surface area contributed by atoms with Crippen molar-refractivity contribution in [3.63, 3.8) is 0 Å². The van der Waals surface area contributed by atoms with Crippen LogP contribution in [-0.4, -0.2) is 30.0 Å². The number of benzene rings is 2. The first-order chi connectivity index (χ1) is 14.1. The van der Waals surface area contributed by atoms with Crippen LogP contribution in [0.1, 0.15) is 12.3 Å². The van der Waals surface area contributed by atoms with Crippen LogP contribution in [0.25, 0.3) is 17.2 Å². The number of carbonyl (C=O) groups is 2. The lowest BCUT2D eigenvalue weighted by Gasteiger charge is -2.21. The number of amides is 1. The molecule has 3 aromatic rings. The molecule has 0 unspecified atom stereocenters. The number of hydrogen-bond donors (Lipinski definition) is 0. The van der Waals surface area contributed by atoms with Gasteiger partial charge < -0.3 is 14.1 Å². The van der Waals surface area contributed by atoms with Gasteiger partial charge in [0.2, 0.25) is 5.89 Å². The van der Waals surface area contributed by atoms with Gasteiger partial charge in [-0.3, -0.25) is 4.79 Å². The van der Waals surface area contributed by atoms with Crippen molar-refractivity contribution in [2.24, 2.45) is 0 Å². The highest BCUT2D eigenvalue weighted by Crippen LogP contribution is 2.20. The molecule has 0 spiro atoms. The second-order valence-corrected chi connectivity index (χ2v) is 6.33. The zero-order valence-corrected chi connectivity index (χ0v) is 16.0. The predicted molar refractivity (Wildman–Crippen MR) is 108 cm³/mol. The molecule has 1 amide bonds. The Labute approximate surface area is 171 Å². The van der Waals surface area contributed by atoms with Crippen LogP contribution in [0.5, 0.6) is 0 Å². The standard InChI is InChI=1S/C21H16ClN3O4/c22-15-5-3-6-16(13-15)25(12-4-11-23)20(26)14-28-21(27)10-9-19-24-17-7-1-2-8-18(17)29-19/h1-3,5-10,13H,4,12,14H2. The minimum absolute atomic E-state index is 0.129. The van der Waals surface area contributed by atoms with E-state index in [0.717, 1.165) is 6.08 Å². The Hall–Kier alpha value is -3.63. The fraction of sp³-hybridized carbons (Fsp3) is 0.143. The fourth-order valence-corrected chi connectivity index (χ4v) is 2.75. The molecule has 7 nitrogen and oxygen atoms in total. The molecule has 0 aliphatic carbocycles. The first kappa shape index (κ1) is 20.1. The Kier molecular flexibility index (Phi) is 6.61. The van der Waals surface area contributed by atoms with Crippen LogP contribution in [0.3, 0.4) is 0 Å². The molecular formula is C21H16ClN3O4. The molecule has 0 radical (unpaired) electrons. The third-order valence-electron chi connectivity index (χ3n) is 3.88. The third-order valence-corrected chi connectivity index (χ3v) is 4.11. The van der Waals surface area contributed by atoms with Gasteiger partial charge in [-0.2, -0.15) is 5.26 Å². The Bertz CT molecular complexity index is 1070. The minimum Gasteiger partial charge on any atom is -0.452 e. The van der Waals surface area contributed by atoms with Gasteiger partial charge in [0, 0.05) is 29.4 Å². The first-order valence-electron chi connectivity index (χ1n) is 8.70. The summed E-state index contributed by atoms with van der Waals surface area (Å²) in [5, 5.41) is 9.28. The van der Waals surface area contributed by atoms with Crippen molar-refractivity contribution in [2.45, 2.75) is 6.42 Å². The normalized spacial score (nSPS) is 10.8. The molecule has 0 bridgehead atoms. The molecule has 146 valence electrons. The molecule has 0 aliphatic heterocycles. The summed E-state index contributed by atoms with van der Waals surface area (Å²) in [6.45, 7) is -0.319. The van der Waals surface area contributed by atoms with Gasteiger partial charge in [0.25, 0.3) is 5.91 Å². The van der Waals surface area contributed by atoms with Crippen LogP contribution in [0.4, 0.5) is 5.69 Å². The Morgan fingerprint density at radius 1 is 1.24 bits per heavy atom. The number of carbonyl (C=O) groups excluding carboxylic acids is 2. The predicted octanol–water partition coefficient (Wildman–Crippen LogP) is 3.98. The van der Waals surface area contributed by atoms with Crippen molar-refractivity contribution in [3.8, 4) is 6.07 Å². The second-order valence-electron chi connectivity index (χ2n) is 5.89. The maximum atomic E-state index is 12.5. The maximum absolute atomic E-state index is 12.5. The van der Waals surface area contributed by atoms with Crippen molar-refractivity contribution in [1.29, 1.82) is 5.26 Å². The number of aromatic nitrogens is 1. The van der Waals surface area contributed by atoms with Gasteiger partial charge in [-0.05, 0) is 30.3 Å². The van der Waals surface area contributed by atoms with Crippen LogP contribution in [-0.2, 0) is 14.3 Å². The van der Waals surface area contributed by atoms with E-state index >= 15 is 0 Å². The number of hydrogen-bond acceptors (Lipinski definition) is 6. The molecule has 0 saturated heterocycles. The van der Waals surface area contributed by atoms with Gasteiger partial charge in [0.1, 0.15) is 5.52 Å². The summed E-state index contributed by atoms with van der Waals surface area (Å²) in [7, 11) is 0. The summed E-state index contributed by atoms with van der Waals surface area (Å²) >= 11 is 5.97. The van der Waals surface area contributed by atoms with Crippen molar-refractivity contribution >= 4 is 46.3 Å². The second kappa shape index (κ2) is 9.53. The monoisotopic (exact) mass is 409 g/mol. The zero-order chi connectivity index (χ0) is 20.6. The number of fused-ring (bicyclic) bond motifs is 1. The number of para-hydroxylation sites is 2. The number of halogens is 1. The topological polar surface area (TPSA) is 96.4 Å². The highest BCUT2D eigenvalue weighted by atomic mass is 35.5. The average molecular weight is 410 g/mol. The molecule has 1 aromatic heterocycles. The number of nitriles is 1. The van der Waals surface area contributed by atoms with Gasteiger partial charge in [0.15, 0.2) is 12.2 Å². The largest absolute Gasteiger partial charge is 0.452 e. The van der Waals surface area contributed by atoms with Crippen LogP contribution >= 0.6 is 11.6 Å². The molecule has 2 aromatic carbocycles. The fourth-order valence-electron chi connectivity index (χ4n) is 2.56. The van der Waals surface area contributed by atoms with Gasteiger partial charge in [-0.25, -0.2) is 9.78 Å². The van der Waals surface area contributed by atoms with E-state index in [1.165, 1.54) is 11.0 Å². The lowest BCUT2D eigenvalue weighted by atomic mass is 10.2. The van der Waals surface area contributed by atoms with Crippen molar-refractivity contribution in [2.75, 3.05) is 18.1 Å². The van der Waals surface area contributed by atoms with Crippen LogP contribution in [0.2, 0.25) is 5.02 Å². The van der Waals surface area contributed by atoms with E-state index in [-0.39, 0.29) is 18.9 Å². The molecule has 0 fully saturated rings. The molecule has 0 saturated carbocycles. The average Bonchev–Trinajstić information content (AvgIpc) is 3.14. The summed E-state index contributed by atoms with van der Waals surface area (Å²) in [6.07, 6.45) is 2.64. The van der Waals surface area contributed by atoms with E-state index in [1.807, 2.05) is 18.2 Å². The van der Waals surface area contributed by atoms with E-state index in [0.29, 0.717) is 21.8 Å². The smallest absolute Gasteiger partial charge is 0.331 e. The highest BCUT2D eigenvalue weighted by Gasteiger charge is 2.17. The quantitative estimate of drug-likeness (QED) is 0.432. The molecule has 1 heterocycles. The molecule has 0 aliphatic rings. The van der Waals surface area contributed by atoms with Crippen molar-refractivity contribution in [3.05, 3.63) is 65.5 Å². The van der Waals surface area contributed by atoms with Crippen molar-refractivity contribution in [1.82, 2.24) is 4.98 Å². The maximum Gasteiger partial charge on any atom is 0.331 e. The Morgan fingerprint density at radius 2 is 2.07 bits per heavy atom. The molecule has 0 N–H and O–H groups in total. The summed E-state index contributed by atoms with van der Waals surface area (Å²) in [4.78, 5) is 30.0. The summed E-state index contributed by atoms with van der Waals surface area (Å²) in [5.74, 6) is -0.929. The number of oxazole rings is 1. The van der Waals surface area contributed by atoms with Gasteiger partial charge in [-0.1, -0.05) is 29.8 Å². The minimum atomic E-state index is -0.716. The first-order valence-corrected chi connectivity index (χ1v) is 9.08. The van der Waals surface area contributed by atoms with Crippen molar-refractivity contribution < 1.29 is 18.7 Å². The molecule has 8 heteroatoms. The van der Waals surface area contributed by atoms with Crippen LogP contribution in [0.15, 0.2) is 59.0 Å². The lowest BCUT2D eigenvalue weighted by molar-refractivity contribution is -0.142. The lowest BCUT2D eigenvalue weighted by Crippen LogP contribution is -2.35. The van der Waals surface area contributed by atoms with E-state index in [9.17, 15) is 9.59 Å². The molecular weight excluding hydrogens is 394 g/mol. The number of rotatable bonds is 7. The van der Waals surface area contributed by atoms with E-state index in [2.05, 4.69) is 4.98 Å². The van der Waals surface area contributed by atoms with E-state index < -0.39 is 18.5 Å². The van der Waals surface area contributed by atoms with Gasteiger partial charge in [0.05, 0.1) is 12.5 Å². The summed E-state index contributed by atoms with van der Waals surface area (Å²) in [6, 6.07) is 15.9. The number of ether oxygens (including phenoxy) is 1. The number of anilines is 1. The summed E-state index contributed by atoms with van der Waals surface area (Å²) < 4.78 is 10.5. The molecule has 3 rings (SSSR count). The highest BCUT2D eigenvalue weighted by molar-refractivity contribution is 6.30. The number of nitrogens with zero attached hydrogens (tertiary/aromatic N) is 3.